The van der Waals surface area contributed by atoms with Crippen LogP contribution in [-0.4, -0.2) is 22.3 Å². The van der Waals surface area contributed by atoms with Gasteiger partial charge in [0.2, 0.25) is 0 Å². The van der Waals surface area contributed by atoms with Gasteiger partial charge in [0.25, 0.3) is 5.91 Å². The Labute approximate surface area is 150 Å². The van der Waals surface area contributed by atoms with Crippen molar-refractivity contribution in [3.8, 4) is 0 Å². The molecular weight excluding hydrogens is 336 g/mol. The van der Waals surface area contributed by atoms with E-state index in [-0.39, 0.29) is 11.9 Å². The molecule has 0 aliphatic carbocycles. The zero-order chi connectivity index (χ0) is 16.7. The van der Waals surface area contributed by atoms with Gasteiger partial charge in [-0.05, 0) is 49.9 Å². The van der Waals surface area contributed by atoms with E-state index in [4.69, 9.17) is 4.98 Å². The first-order chi connectivity index (χ1) is 11.7. The molecule has 0 bridgehead atoms. The van der Waals surface area contributed by atoms with E-state index in [1.165, 1.54) is 15.1 Å². The van der Waals surface area contributed by atoms with Crippen molar-refractivity contribution in [1.29, 1.82) is 0 Å². The third kappa shape index (κ3) is 2.66. The topological polar surface area (TPSA) is 33.2 Å². The molecule has 1 saturated heterocycles. The quantitative estimate of drug-likeness (QED) is 0.646. The van der Waals surface area contributed by atoms with Crippen molar-refractivity contribution in [2.45, 2.75) is 39.2 Å². The van der Waals surface area contributed by atoms with Crippen LogP contribution < -0.4 is 0 Å². The van der Waals surface area contributed by atoms with Crippen LogP contribution in [0.15, 0.2) is 30.3 Å². The molecule has 1 atom stereocenters. The molecule has 0 radical (unpaired) electrons. The second kappa shape index (κ2) is 6.30. The van der Waals surface area contributed by atoms with Crippen LogP contribution >= 0.6 is 22.7 Å². The first-order valence-corrected chi connectivity index (χ1v) is 10.1. The summed E-state index contributed by atoms with van der Waals surface area (Å²) in [6.07, 6.45) is 3.05. The monoisotopic (exact) mass is 356 g/mol. The van der Waals surface area contributed by atoms with Crippen molar-refractivity contribution >= 4 is 38.8 Å². The van der Waals surface area contributed by atoms with Gasteiger partial charge in [-0.15, -0.1) is 22.7 Å². The fourth-order valence-corrected chi connectivity index (χ4v) is 5.60. The first kappa shape index (κ1) is 15.8. The molecule has 1 aliphatic rings. The SMILES string of the molecule is CCc1sc(C(=O)N2CCC[C@H]2c2nc3ccccc3s2)cc1C. The van der Waals surface area contributed by atoms with Gasteiger partial charge in [-0.1, -0.05) is 19.1 Å². The Morgan fingerprint density at radius 1 is 1.33 bits per heavy atom. The van der Waals surface area contributed by atoms with Crippen LogP contribution in [0.5, 0.6) is 0 Å². The number of fused-ring (bicyclic) bond motifs is 1. The number of hydrogen-bond acceptors (Lipinski definition) is 4. The summed E-state index contributed by atoms with van der Waals surface area (Å²) < 4.78 is 1.20. The summed E-state index contributed by atoms with van der Waals surface area (Å²) in [6.45, 7) is 5.08. The minimum atomic E-state index is 0.127. The predicted molar refractivity (Wildman–Crippen MR) is 101 cm³/mol. The molecule has 3 nitrogen and oxygen atoms in total. The van der Waals surface area contributed by atoms with Gasteiger partial charge in [-0.3, -0.25) is 4.79 Å². The molecular formula is C19H20N2OS2. The standard InChI is InChI=1S/C19H20N2OS2/c1-3-15-12(2)11-17(23-15)19(22)21-10-6-8-14(21)18-20-13-7-4-5-9-16(13)24-18/h4-5,7,9,11,14H,3,6,8,10H2,1-2H3/t14-/m0/s1. The molecule has 0 saturated carbocycles. The molecule has 24 heavy (non-hydrogen) atoms. The van der Waals surface area contributed by atoms with E-state index in [0.717, 1.165) is 41.2 Å². The number of thiophene rings is 1. The number of para-hydroxylation sites is 1. The molecule has 1 aliphatic heterocycles. The van der Waals surface area contributed by atoms with Crippen LogP contribution in [0, 0.1) is 6.92 Å². The first-order valence-electron chi connectivity index (χ1n) is 8.43. The molecule has 3 heterocycles. The molecule has 0 N–H and O–H groups in total. The number of benzene rings is 1. The summed E-state index contributed by atoms with van der Waals surface area (Å²) in [5.41, 5.74) is 2.28. The number of thiazole rings is 1. The van der Waals surface area contributed by atoms with E-state index < -0.39 is 0 Å². The Hall–Kier alpha value is -1.72. The van der Waals surface area contributed by atoms with Crippen molar-refractivity contribution in [2.24, 2.45) is 0 Å². The van der Waals surface area contributed by atoms with Crippen molar-refractivity contribution in [2.75, 3.05) is 6.54 Å². The summed E-state index contributed by atoms with van der Waals surface area (Å²) in [6, 6.07) is 10.4. The summed E-state index contributed by atoms with van der Waals surface area (Å²) >= 11 is 3.37. The van der Waals surface area contributed by atoms with Gasteiger partial charge in [-0.25, -0.2) is 4.98 Å². The number of rotatable bonds is 3. The van der Waals surface area contributed by atoms with E-state index in [1.54, 1.807) is 22.7 Å². The number of amides is 1. The van der Waals surface area contributed by atoms with Gasteiger partial charge in [-0.2, -0.15) is 0 Å². The average Bonchev–Trinajstić information content (AvgIpc) is 3.30. The largest absolute Gasteiger partial charge is 0.328 e. The van der Waals surface area contributed by atoms with Gasteiger partial charge in [0.15, 0.2) is 0 Å². The molecule has 5 heteroatoms. The zero-order valence-electron chi connectivity index (χ0n) is 13.9. The predicted octanol–water partition coefficient (Wildman–Crippen LogP) is 5.21. The number of hydrogen-bond donors (Lipinski definition) is 0. The van der Waals surface area contributed by atoms with E-state index in [2.05, 4.69) is 26.0 Å². The highest BCUT2D eigenvalue weighted by Gasteiger charge is 2.33. The van der Waals surface area contributed by atoms with E-state index in [9.17, 15) is 4.79 Å². The normalized spacial score (nSPS) is 17.8. The molecule has 1 fully saturated rings. The molecule has 4 rings (SSSR count). The van der Waals surface area contributed by atoms with Gasteiger partial charge in [0.1, 0.15) is 5.01 Å². The number of aryl methyl sites for hydroxylation is 2. The van der Waals surface area contributed by atoms with E-state index >= 15 is 0 Å². The number of likely N-dealkylation sites (tertiary alicyclic amines) is 1. The summed E-state index contributed by atoms with van der Waals surface area (Å²) in [5, 5.41) is 1.08. The maximum atomic E-state index is 13.0. The molecule has 1 aromatic carbocycles. The zero-order valence-corrected chi connectivity index (χ0v) is 15.5. The number of aromatic nitrogens is 1. The molecule has 0 unspecified atom stereocenters. The second-order valence-corrected chi connectivity index (χ2v) is 8.45. The van der Waals surface area contributed by atoms with Crippen molar-refractivity contribution < 1.29 is 4.79 Å². The highest BCUT2D eigenvalue weighted by molar-refractivity contribution is 7.18. The summed E-state index contributed by atoms with van der Waals surface area (Å²) in [4.78, 5) is 22.0. The molecule has 0 spiro atoms. The van der Waals surface area contributed by atoms with E-state index in [0.29, 0.717) is 0 Å². The highest BCUT2D eigenvalue weighted by Crippen LogP contribution is 2.38. The Morgan fingerprint density at radius 2 is 2.17 bits per heavy atom. The highest BCUT2D eigenvalue weighted by atomic mass is 32.1. The Bertz CT molecular complexity index is 863. The maximum Gasteiger partial charge on any atom is 0.264 e. The third-order valence-electron chi connectivity index (χ3n) is 4.66. The van der Waals surface area contributed by atoms with Crippen LogP contribution in [0.25, 0.3) is 10.2 Å². The smallest absolute Gasteiger partial charge is 0.264 e. The Kier molecular flexibility index (Phi) is 4.14. The van der Waals surface area contributed by atoms with Gasteiger partial charge in [0.05, 0.1) is 21.1 Å². The average molecular weight is 357 g/mol. The third-order valence-corrected chi connectivity index (χ3v) is 7.17. The van der Waals surface area contributed by atoms with Gasteiger partial charge < -0.3 is 4.90 Å². The minimum Gasteiger partial charge on any atom is -0.328 e. The molecule has 1 amide bonds. The summed E-state index contributed by atoms with van der Waals surface area (Å²) in [5.74, 6) is 0.171. The van der Waals surface area contributed by atoms with Crippen LogP contribution in [0.3, 0.4) is 0 Å². The summed E-state index contributed by atoms with van der Waals surface area (Å²) in [7, 11) is 0. The van der Waals surface area contributed by atoms with Crippen molar-refractivity contribution in [3.05, 3.63) is 50.7 Å². The minimum absolute atomic E-state index is 0.127. The van der Waals surface area contributed by atoms with Crippen LogP contribution in [-0.2, 0) is 6.42 Å². The van der Waals surface area contributed by atoms with E-state index in [1.807, 2.05) is 23.1 Å². The lowest BCUT2D eigenvalue weighted by Crippen LogP contribution is -2.29. The van der Waals surface area contributed by atoms with Crippen LogP contribution in [0.1, 0.15) is 50.9 Å². The molecule has 3 aromatic rings. The van der Waals surface area contributed by atoms with Gasteiger partial charge in [0, 0.05) is 11.4 Å². The lowest BCUT2D eigenvalue weighted by Gasteiger charge is -2.22. The Balaban J connectivity index is 1.65. The number of carbonyl (C=O) groups is 1. The lowest BCUT2D eigenvalue weighted by molar-refractivity contribution is 0.0740. The van der Waals surface area contributed by atoms with Crippen LogP contribution in [0.4, 0.5) is 0 Å². The number of carbonyl (C=O) groups excluding carboxylic acids is 1. The second-order valence-electron chi connectivity index (χ2n) is 6.25. The number of nitrogens with zero attached hydrogens (tertiary/aromatic N) is 2. The molecule has 124 valence electrons. The van der Waals surface area contributed by atoms with Gasteiger partial charge >= 0.3 is 0 Å². The maximum absolute atomic E-state index is 13.0. The Morgan fingerprint density at radius 3 is 2.92 bits per heavy atom. The van der Waals surface area contributed by atoms with Crippen molar-refractivity contribution in [1.82, 2.24) is 9.88 Å². The van der Waals surface area contributed by atoms with Crippen molar-refractivity contribution in [3.63, 3.8) is 0 Å². The van der Waals surface area contributed by atoms with Crippen LogP contribution in [0.2, 0.25) is 0 Å². The lowest BCUT2D eigenvalue weighted by atomic mass is 10.2. The fraction of sp³-hybridized carbons (Fsp3) is 0.368. The molecule has 2 aromatic heterocycles. The fourth-order valence-electron chi connectivity index (χ4n) is 3.42.